The fraction of sp³-hybridized carbons (Fsp3) is 0.826. The van der Waals surface area contributed by atoms with Crippen LogP contribution in [0.4, 0.5) is 0 Å². The SMILES string of the molecule is CCCCCCCCCCCCCCCCC/C(C(=O)OC)=C(\C)C(=O)O. The van der Waals surface area contributed by atoms with Crippen LogP contribution in [0.15, 0.2) is 11.1 Å². The quantitative estimate of drug-likeness (QED) is 0.160. The normalized spacial score (nSPS) is 12.0. The van der Waals surface area contributed by atoms with Crippen LogP contribution < -0.4 is 0 Å². The van der Waals surface area contributed by atoms with Crippen molar-refractivity contribution in [1.82, 2.24) is 0 Å². The Kier molecular flexibility index (Phi) is 17.2. The Balaban J connectivity index is 3.57. The highest BCUT2D eigenvalue weighted by Gasteiger charge is 2.17. The third kappa shape index (κ3) is 14.4. The zero-order valence-corrected chi connectivity index (χ0v) is 18.0. The van der Waals surface area contributed by atoms with Gasteiger partial charge >= 0.3 is 11.9 Å². The van der Waals surface area contributed by atoms with E-state index in [1.165, 1.54) is 91.1 Å². The van der Waals surface area contributed by atoms with Crippen molar-refractivity contribution in [1.29, 1.82) is 0 Å². The second-order valence-electron chi connectivity index (χ2n) is 7.60. The lowest BCUT2D eigenvalue weighted by Crippen LogP contribution is -2.11. The predicted octanol–water partition coefficient (Wildman–Crippen LogP) is 6.82. The topological polar surface area (TPSA) is 63.6 Å². The summed E-state index contributed by atoms with van der Waals surface area (Å²) in [7, 11) is 1.30. The van der Waals surface area contributed by atoms with Crippen LogP contribution in [0.5, 0.6) is 0 Å². The third-order valence-corrected chi connectivity index (χ3v) is 5.24. The Labute approximate surface area is 166 Å². The van der Waals surface area contributed by atoms with Crippen molar-refractivity contribution in [2.45, 2.75) is 117 Å². The molecule has 0 aliphatic carbocycles. The van der Waals surface area contributed by atoms with E-state index in [0.29, 0.717) is 12.0 Å². The minimum Gasteiger partial charge on any atom is -0.478 e. The molecule has 0 spiro atoms. The van der Waals surface area contributed by atoms with Crippen molar-refractivity contribution in [2.24, 2.45) is 0 Å². The average molecular weight is 383 g/mol. The molecule has 0 aromatic rings. The van der Waals surface area contributed by atoms with Gasteiger partial charge < -0.3 is 9.84 Å². The fourth-order valence-electron chi connectivity index (χ4n) is 3.37. The Morgan fingerprint density at radius 1 is 0.704 bits per heavy atom. The van der Waals surface area contributed by atoms with Crippen molar-refractivity contribution in [3.05, 3.63) is 11.1 Å². The zero-order chi connectivity index (χ0) is 20.3. The first kappa shape index (κ1) is 25.7. The molecule has 0 fully saturated rings. The fourth-order valence-corrected chi connectivity index (χ4v) is 3.37. The van der Waals surface area contributed by atoms with Crippen molar-refractivity contribution in [3.63, 3.8) is 0 Å². The molecule has 0 amide bonds. The summed E-state index contributed by atoms with van der Waals surface area (Å²) in [6.07, 6.45) is 19.8. The Bertz CT molecular complexity index is 426. The highest BCUT2D eigenvalue weighted by molar-refractivity contribution is 5.99. The average Bonchev–Trinajstić information content (AvgIpc) is 2.66. The van der Waals surface area contributed by atoms with E-state index in [9.17, 15) is 9.59 Å². The van der Waals surface area contributed by atoms with E-state index < -0.39 is 11.9 Å². The van der Waals surface area contributed by atoms with Crippen LogP contribution in [-0.4, -0.2) is 24.2 Å². The van der Waals surface area contributed by atoms with Crippen molar-refractivity contribution in [2.75, 3.05) is 7.11 Å². The van der Waals surface area contributed by atoms with E-state index in [0.717, 1.165) is 19.3 Å². The highest BCUT2D eigenvalue weighted by atomic mass is 16.5. The molecule has 1 N–H and O–H groups in total. The van der Waals surface area contributed by atoms with Gasteiger partial charge in [-0.1, -0.05) is 96.8 Å². The molecule has 0 unspecified atom stereocenters. The molecule has 158 valence electrons. The van der Waals surface area contributed by atoms with Crippen molar-refractivity contribution >= 4 is 11.9 Å². The summed E-state index contributed by atoms with van der Waals surface area (Å²) in [4.78, 5) is 22.7. The summed E-state index contributed by atoms with van der Waals surface area (Å²) in [5.74, 6) is -1.56. The van der Waals surface area contributed by atoms with Gasteiger partial charge in [0.25, 0.3) is 0 Å². The van der Waals surface area contributed by atoms with Crippen LogP contribution in [0.1, 0.15) is 117 Å². The first-order valence-corrected chi connectivity index (χ1v) is 11.1. The van der Waals surface area contributed by atoms with Crippen LogP contribution >= 0.6 is 0 Å². The molecule has 0 saturated carbocycles. The molecule has 4 heteroatoms. The number of carbonyl (C=O) groups is 2. The van der Waals surface area contributed by atoms with Crippen molar-refractivity contribution in [3.8, 4) is 0 Å². The van der Waals surface area contributed by atoms with E-state index in [-0.39, 0.29) is 5.57 Å². The maximum absolute atomic E-state index is 11.7. The first-order valence-electron chi connectivity index (χ1n) is 11.1. The number of hydrogen-bond acceptors (Lipinski definition) is 3. The lowest BCUT2D eigenvalue weighted by molar-refractivity contribution is -0.138. The number of unbranched alkanes of at least 4 members (excludes halogenated alkanes) is 14. The smallest absolute Gasteiger partial charge is 0.334 e. The minimum absolute atomic E-state index is 0.104. The summed E-state index contributed by atoms with van der Waals surface area (Å²) in [5.41, 5.74) is 0.409. The van der Waals surface area contributed by atoms with Crippen LogP contribution in [0.25, 0.3) is 0 Å². The lowest BCUT2D eigenvalue weighted by Gasteiger charge is -2.08. The van der Waals surface area contributed by atoms with Gasteiger partial charge in [0.05, 0.1) is 7.11 Å². The number of carbonyl (C=O) groups excluding carboxylic acids is 1. The summed E-state index contributed by atoms with van der Waals surface area (Å²) in [6, 6.07) is 0. The van der Waals surface area contributed by atoms with Crippen LogP contribution in [0.3, 0.4) is 0 Å². The summed E-state index contributed by atoms with van der Waals surface area (Å²) in [6.45, 7) is 3.73. The molecule has 0 rings (SSSR count). The molecule has 0 aliphatic rings. The van der Waals surface area contributed by atoms with E-state index in [4.69, 9.17) is 9.84 Å². The zero-order valence-electron chi connectivity index (χ0n) is 18.0. The summed E-state index contributed by atoms with van der Waals surface area (Å²) in [5, 5.41) is 9.06. The summed E-state index contributed by atoms with van der Waals surface area (Å²) >= 11 is 0. The molecule has 0 aliphatic heterocycles. The lowest BCUT2D eigenvalue weighted by atomic mass is 10.0. The van der Waals surface area contributed by atoms with E-state index in [1.807, 2.05) is 0 Å². The number of aliphatic carboxylic acids is 1. The molecule has 0 aromatic carbocycles. The number of carboxylic acid groups (broad SMARTS) is 1. The van der Waals surface area contributed by atoms with Gasteiger partial charge in [0.15, 0.2) is 0 Å². The second kappa shape index (κ2) is 18.1. The molecule has 0 radical (unpaired) electrons. The molecule has 4 nitrogen and oxygen atoms in total. The predicted molar refractivity (Wildman–Crippen MR) is 112 cm³/mol. The van der Waals surface area contributed by atoms with Gasteiger partial charge in [-0.3, -0.25) is 0 Å². The van der Waals surface area contributed by atoms with Crippen molar-refractivity contribution < 1.29 is 19.4 Å². The molecule has 0 heterocycles. The van der Waals surface area contributed by atoms with Gasteiger partial charge in [0.1, 0.15) is 0 Å². The van der Waals surface area contributed by atoms with Gasteiger partial charge in [-0.15, -0.1) is 0 Å². The largest absolute Gasteiger partial charge is 0.478 e. The number of rotatable bonds is 18. The van der Waals surface area contributed by atoms with Gasteiger partial charge in [-0.25, -0.2) is 9.59 Å². The Morgan fingerprint density at radius 2 is 1.07 bits per heavy atom. The van der Waals surface area contributed by atoms with E-state index in [1.54, 1.807) is 0 Å². The molecule has 0 saturated heterocycles. The Hall–Kier alpha value is -1.32. The number of esters is 1. The standard InChI is InChI=1S/C23H42O4/c1-4-5-6-7-8-9-10-11-12-13-14-15-16-17-18-19-21(23(26)27-3)20(2)22(24)25/h4-19H2,1-3H3,(H,24,25)/b21-20-. The molecule has 0 aromatic heterocycles. The van der Waals surface area contributed by atoms with Crippen LogP contribution in [-0.2, 0) is 14.3 Å². The molecular formula is C23H42O4. The maximum atomic E-state index is 11.7. The minimum atomic E-state index is -1.05. The van der Waals surface area contributed by atoms with Crippen LogP contribution in [0, 0.1) is 0 Å². The molecule has 27 heavy (non-hydrogen) atoms. The highest BCUT2D eigenvalue weighted by Crippen LogP contribution is 2.18. The molecule has 0 bridgehead atoms. The van der Waals surface area contributed by atoms with E-state index >= 15 is 0 Å². The number of hydrogen-bond donors (Lipinski definition) is 1. The number of ether oxygens (including phenoxy) is 1. The monoisotopic (exact) mass is 382 g/mol. The van der Waals surface area contributed by atoms with E-state index in [2.05, 4.69) is 6.92 Å². The molecular weight excluding hydrogens is 340 g/mol. The Morgan fingerprint density at radius 3 is 1.41 bits per heavy atom. The number of methoxy groups -OCH3 is 1. The number of carboxylic acids is 1. The van der Waals surface area contributed by atoms with Gasteiger partial charge in [-0.2, -0.15) is 0 Å². The molecule has 0 atom stereocenters. The second-order valence-corrected chi connectivity index (χ2v) is 7.60. The van der Waals surface area contributed by atoms with Gasteiger partial charge in [0, 0.05) is 11.1 Å². The van der Waals surface area contributed by atoms with Gasteiger partial charge in [-0.05, 0) is 19.8 Å². The van der Waals surface area contributed by atoms with Crippen LogP contribution in [0.2, 0.25) is 0 Å². The maximum Gasteiger partial charge on any atom is 0.334 e. The first-order chi connectivity index (χ1) is 13.0. The summed E-state index contributed by atoms with van der Waals surface area (Å²) < 4.78 is 4.70. The third-order valence-electron chi connectivity index (χ3n) is 5.24. The van der Waals surface area contributed by atoms with Gasteiger partial charge in [0.2, 0.25) is 0 Å².